The first-order valence-corrected chi connectivity index (χ1v) is 12.9. The van der Waals surface area contributed by atoms with Gasteiger partial charge in [0.15, 0.2) is 16.6 Å². The summed E-state index contributed by atoms with van der Waals surface area (Å²) < 4.78 is 0. The van der Waals surface area contributed by atoms with E-state index in [-0.39, 0.29) is 28.9 Å². The molecule has 3 aromatic rings. The van der Waals surface area contributed by atoms with Crippen LogP contribution in [0.4, 0.5) is 16.8 Å². The van der Waals surface area contributed by atoms with E-state index in [9.17, 15) is 4.79 Å². The molecule has 3 aliphatic rings. The van der Waals surface area contributed by atoms with Gasteiger partial charge in [-0.3, -0.25) is 4.79 Å². The van der Waals surface area contributed by atoms with Crippen molar-refractivity contribution in [2.75, 3.05) is 36.0 Å². The highest BCUT2D eigenvalue weighted by atomic mass is 32.1. The zero-order chi connectivity index (χ0) is 24.3. The summed E-state index contributed by atoms with van der Waals surface area (Å²) in [4.78, 5) is 31.5. The number of aromatic nitrogens is 3. The number of nitrogens with two attached hydrogens (primary N) is 3. The fourth-order valence-corrected chi connectivity index (χ4v) is 6.80. The monoisotopic (exact) mass is 490 g/mol. The molecule has 4 heterocycles. The van der Waals surface area contributed by atoms with E-state index in [0.717, 1.165) is 42.9 Å². The molecule has 1 aliphatic carbocycles. The van der Waals surface area contributed by atoms with Gasteiger partial charge in [-0.15, -0.1) is 11.3 Å². The Kier molecular flexibility index (Phi) is 5.19. The second-order valence-corrected chi connectivity index (χ2v) is 11.2. The number of rotatable bonds is 2. The van der Waals surface area contributed by atoms with Gasteiger partial charge in [-0.25, -0.2) is 15.0 Å². The number of anilines is 3. The van der Waals surface area contributed by atoms with E-state index >= 15 is 0 Å². The van der Waals surface area contributed by atoms with Gasteiger partial charge in [0.1, 0.15) is 5.82 Å². The summed E-state index contributed by atoms with van der Waals surface area (Å²) in [6, 6.07) is 6.72. The van der Waals surface area contributed by atoms with Crippen molar-refractivity contribution in [1.29, 1.82) is 0 Å². The Morgan fingerprint density at radius 2 is 1.97 bits per heavy atom. The molecule has 1 amide bonds. The highest BCUT2D eigenvalue weighted by Crippen LogP contribution is 2.51. The van der Waals surface area contributed by atoms with Gasteiger partial charge in [0.25, 0.3) is 5.91 Å². The van der Waals surface area contributed by atoms with E-state index in [1.54, 1.807) is 11.1 Å². The third-order valence-electron chi connectivity index (χ3n) is 7.95. The first kappa shape index (κ1) is 22.2. The SMILES string of the molecule is Cc1ccc2c(c1)[C@@H](N)C1(CCN(c3cnc(C(=O)N4CCc5nc(N)sc5C4)c(N)n3)CC1)C2. The van der Waals surface area contributed by atoms with Gasteiger partial charge in [0, 0.05) is 37.0 Å². The van der Waals surface area contributed by atoms with Crippen LogP contribution in [0.1, 0.15) is 56.6 Å². The number of amides is 1. The van der Waals surface area contributed by atoms with Crippen LogP contribution in [-0.4, -0.2) is 45.4 Å². The Morgan fingerprint density at radius 1 is 1.17 bits per heavy atom. The van der Waals surface area contributed by atoms with Crippen molar-refractivity contribution in [3.8, 4) is 0 Å². The molecular weight excluding hydrogens is 460 g/mol. The summed E-state index contributed by atoms with van der Waals surface area (Å²) in [6.45, 7) is 4.83. The number of benzene rings is 1. The smallest absolute Gasteiger partial charge is 0.276 e. The lowest BCUT2D eigenvalue weighted by molar-refractivity contribution is 0.0731. The van der Waals surface area contributed by atoms with Crippen LogP contribution in [0, 0.1) is 12.3 Å². The maximum absolute atomic E-state index is 13.1. The Labute approximate surface area is 208 Å². The average molecular weight is 491 g/mol. The number of nitrogens with zero attached hydrogens (tertiary/aromatic N) is 5. The molecule has 1 aromatic carbocycles. The minimum Gasteiger partial charge on any atom is -0.382 e. The summed E-state index contributed by atoms with van der Waals surface area (Å²) in [5.74, 6) is 0.676. The Morgan fingerprint density at radius 3 is 2.74 bits per heavy atom. The third-order valence-corrected chi connectivity index (χ3v) is 8.86. The van der Waals surface area contributed by atoms with Crippen LogP contribution in [-0.2, 0) is 19.4 Å². The molecule has 0 radical (unpaired) electrons. The predicted molar refractivity (Wildman–Crippen MR) is 137 cm³/mol. The molecule has 35 heavy (non-hydrogen) atoms. The molecule has 182 valence electrons. The van der Waals surface area contributed by atoms with Gasteiger partial charge in [0.2, 0.25) is 0 Å². The van der Waals surface area contributed by atoms with Crippen molar-refractivity contribution in [1.82, 2.24) is 19.9 Å². The van der Waals surface area contributed by atoms with E-state index in [0.29, 0.717) is 30.5 Å². The summed E-state index contributed by atoms with van der Waals surface area (Å²) in [6.07, 6.45) is 5.36. The molecule has 2 aromatic heterocycles. The van der Waals surface area contributed by atoms with Crippen molar-refractivity contribution in [2.24, 2.45) is 11.1 Å². The van der Waals surface area contributed by atoms with Gasteiger partial charge in [-0.05, 0) is 42.7 Å². The molecule has 6 rings (SSSR count). The Bertz CT molecular complexity index is 1310. The number of fused-ring (bicyclic) bond motifs is 2. The van der Waals surface area contributed by atoms with Crippen LogP contribution in [0.5, 0.6) is 0 Å². The van der Waals surface area contributed by atoms with Gasteiger partial charge >= 0.3 is 0 Å². The highest BCUT2D eigenvalue weighted by molar-refractivity contribution is 7.15. The van der Waals surface area contributed by atoms with Crippen LogP contribution < -0.4 is 22.1 Å². The average Bonchev–Trinajstić information content (AvgIpc) is 3.35. The molecule has 2 aliphatic heterocycles. The first-order chi connectivity index (χ1) is 16.8. The molecule has 0 bridgehead atoms. The van der Waals surface area contributed by atoms with E-state index < -0.39 is 0 Å². The molecule has 0 saturated carbocycles. The lowest BCUT2D eigenvalue weighted by Gasteiger charge is -2.42. The molecule has 6 N–H and O–H groups in total. The van der Waals surface area contributed by atoms with Crippen LogP contribution in [0.2, 0.25) is 0 Å². The number of carbonyl (C=O) groups is 1. The number of carbonyl (C=O) groups excluding carboxylic acids is 1. The zero-order valence-electron chi connectivity index (χ0n) is 19.8. The second-order valence-electron chi connectivity index (χ2n) is 10.1. The Balaban J connectivity index is 1.14. The fourth-order valence-electron chi connectivity index (χ4n) is 5.90. The van der Waals surface area contributed by atoms with Crippen LogP contribution in [0.25, 0.3) is 0 Å². The molecule has 0 unspecified atom stereocenters. The van der Waals surface area contributed by atoms with E-state index in [4.69, 9.17) is 17.2 Å². The summed E-state index contributed by atoms with van der Waals surface area (Å²) in [5, 5.41) is 0.536. The molecular formula is C25H30N8OS. The Hall–Kier alpha value is -3.24. The van der Waals surface area contributed by atoms with E-state index in [1.165, 1.54) is 28.0 Å². The lowest BCUT2D eigenvalue weighted by Crippen LogP contribution is -2.44. The number of aryl methyl sites for hydroxylation is 1. The molecule has 1 saturated heterocycles. The third kappa shape index (κ3) is 3.71. The van der Waals surface area contributed by atoms with E-state index in [2.05, 4.69) is 45.0 Å². The number of nitrogen functional groups attached to an aromatic ring is 2. The van der Waals surface area contributed by atoms with Crippen LogP contribution in [0.3, 0.4) is 0 Å². The largest absolute Gasteiger partial charge is 0.382 e. The maximum atomic E-state index is 13.1. The number of thiazole rings is 1. The van der Waals surface area contributed by atoms with Crippen molar-refractivity contribution in [2.45, 2.75) is 45.2 Å². The van der Waals surface area contributed by atoms with Crippen LogP contribution >= 0.6 is 11.3 Å². The molecule has 1 atom stereocenters. The van der Waals surface area contributed by atoms with Crippen molar-refractivity contribution >= 4 is 34.0 Å². The summed E-state index contributed by atoms with van der Waals surface area (Å²) in [5.41, 5.74) is 24.1. The summed E-state index contributed by atoms with van der Waals surface area (Å²) in [7, 11) is 0. The van der Waals surface area contributed by atoms with Gasteiger partial charge in [0.05, 0.1) is 18.4 Å². The van der Waals surface area contributed by atoms with Crippen molar-refractivity contribution in [3.05, 3.63) is 57.4 Å². The molecule has 1 fully saturated rings. The maximum Gasteiger partial charge on any atom is 0.276 e. The first-order valence-electron chi connectivity index (χ1n) is 12.1. The van der Waals surface area contributed by atoms with E-state index in [1.807, 2.05) is 0 Å². The number of hydrogen-bond donors (Lipinski definition) is 3. The predicted octanol–water partition coefficient (Wildman–Crippen LogP) is 2.45. The van der Waals surface area contributed by atoms with Crippen LogP contribution in [0.15, 0.2) is 24.4 Å². The van der Waals surface area contributed by atoms with Crippen molar-refractivity contribution < 1.29 is 4.79 Å². The molecule has 9 nitrogen and oxygen atoms in total. The van der Waals surface area contributed by atoms with Crippen molar-refractivity contribution in [3.63, 3.8) is 0 Å². The number of hydrogen-bond acceptors (Lipinski definition) is 9. The second kappa shape index (κ2) is 8.17. The minimum absolute atomic E-state index is 0.0645. The lowest BCUT2D eigenvalue weighted by atomic mass is 9.73. The zero-order valence-corrected chi connectivity index (χ0v) is 20.6. The topological polar surface area (TPSA) is 140 Å². The molecule has 10 heteroatoms. The van der Waals surface area contributed by atoms with Gasteiger partial charge in [-0.1, -0.05) is 23.8 Å². The number of piperidine rings is 1. The summed E-state index contributed by atoms with van der Waals surface area (Å²) >= 11 is 1.43. The standard InChI is InChI=1S/C25H30N8OS/c1-14-2-3-15-11-25(21(26)16(15)10-14)5-8-32(9-6-25)19-12-29-20(22(27)31-19)23(34)33-7-4-17-18(13-33)35-24(28)30-17/h2-3,10,12,21H,4-9,11,13,26H2,1H3,(H2,27,31)(H2,28,30)/t21-/m1/s1. The highest BCUT2D eigenvalue weighted by Gasteiger charge is 2.46. The quantitative estimate of drug-likeness (QED) is 0.498. The van der Waals surface area contributed by atoms with Gasteiger partial charge < -0.3 is 27.0 Å². The normalized spacial score (nSPS) is 20.7. The minimum atomic E-state index is -0.207. The fraction of sp³-hybridized carbons (Fsp3) is 0.440. The molecule has 1 spiro atoms. The van der Waals surface area contributed by atoms with Gasteiger partial charge in [-0.2, -0.15) is 0 Å².